The SMILES string of the molecule is CC1(C)C=C2c3ccccc3C2(c2ccccc2)O1. The average molecular weight is 248 g/mol. The second kappa shape index (κ2) is 3.37. The molecule has 19 heavy (non-hydrogen) atoms. The average Bonchev–Trinajstić information content (AvgIpc) is 2.68. The van der Waals surface area contributed by atoms with Crippen molar-refractivity contribution in [2.24, 2.45) is 0 Å². The lowest BCUT2D eigenvalue weighted by atomic mass is 9.66. The molecule has 0 aromatic heterocycles. The Labute approximate surface area is 113 Å². The zero-order valence-electron chi connectivity index (χ0n) is 11.2. The second-order valence-electron chi connectivity index (χ2n) is 5.86. The van der Waals surface area contributed by atoms with Gasteiger partial charge in [-0.3, -0.25) is 0 Å². The fourth-order valence-electron chi connectivity index (χ4n) is 3.40. The first-order valence-corrected chi connectivity index (χ1v) is 6.72. The number of ether oxygens (including phenoxy) is 1. The molecule has 2 aromatic rings. The van der Waals surface area contributed by atoms with Gasteiger partial charge in [-0.05, 0) is 36.6 Å². The third kappa shape index (κ3) is 1.28. The molecule has 1 aliphatic heterocycles. The van der Waals surface area contributed by atoms with Crippen molar-refractivity contribution in [3.05, 3.63) is 77.4 Å². The van der Waals surface area contributed by atoms with Gasteiger partial charge in [-0.25, -0.2) is 0 Å². The molecule has 1 nitrogen and oxygen atoms in total. The first kappa shape index (κ1) is 11.0. The van der Waals surface area contributed by atoms with Gasteiger partial charge in [0.2, 0.25) is 0 Å². The molecule has 0 saturated carbocycles. The van der Waals surface area contributed by atoms with Gasteiger partial charge in [0.15, 0.2) is 0 Å². The van der Waals surface area contributed by atoms with E-state index < -0.39 is 0 Å². The molecule has 0 saturated heterocycles. The Morgan fingerprint density at radius 1 is 0.842 bits per heavy atom. The van der Waals surface area contributed by atoms with Crippen LogP contribution in [0.15, 0.2) is 60.7 Å². The van der Waals surface area contributed by atoms with Crippen molar-refractivity contribution in [2.45, 2.75) is 25.0 Å². The van der Waals surface area contributed by atoms with E-state index in [1.807, 2.05) is 6.07 Å². The quantitative estimate of drug-likeness (QED) is 0.737. The predicted molar refractivity (Wildman–Crippen MR) is 76.8 cm³/mol. The highest BCUT2D eigenvalue weighted by Gasteiger charge is 2.56. The molecule has 1 unspecified atom stereocenters. The van der Waals surface area contributed by atoms with Gasteiger partial charge in [0.1, 0.15) is 5.60 Å². The number of benzene rings is 2. The zero-order valence-corrected chi connectivity index (χ0v) is 11.2. The van der Waals surface area contributed by atoms with Crippen molar-refractivity contribution < 1.29 is 4.74 Å². The van der Waals surface area contributed by atoms with Gasteiger partial charge in [0.25, 0.3) is 0 Å². The highest BCUT2D eigenvalue weighted by atomic mass is 16.5. The molecule has 0 N–H and O–H groups in total. The molecule has 2 aromatic carbocycles. The van der Waals surface area contributed by atoms with Crippen molar-refractivity contribution in [1.82, 2.24) is 0 Å². The molecular weight excluding hydrogens is 232 g/mol. The Morgan fingerprint density at radius 3 is 2.32 bits per heavy atom. The Morgan fingerprint density at radius 2 is 1.53 bits per heavy atom. The van der Waals surface area contributed by atoms with Gasteiger partial charge in [0.05, 0.1) is 5.60 Å². The Balaban J connectivity index is 1.99. The maximum Gasteiger partial charge on any atom is 0.145 e. The number of hydrogen-bond donors (Lipinski definition) is 0. The van der Waals surface area contributed by atoms with E-state index in [4.69, 9.17) is 4.74 Å². The van der Waals surface area contributed by atoms with Crippen molar-refractivity contribution in [3.63, 3.8) is 0 Å². The monoisotopic (exact) mass is 248 g/mol. The van der Waals surface area contributed by atoms with E-state index in [9.17, 15) is 0 Å². The third-order valence-corrected chi connectivity index (χ3v) is 4.06. The molecule has 1 aliphatic carbocycles. The van der Waals surface area contributed by atoms with E-state index in [-0.39, 0.29) is 11.2 Å². The Kier molecular flexibility index (Phi) is 1.95. The molecule has 94 valence electrons. The van der Waals surface area contributed by atoms with Gasteiger partial charge in [0, 0.05) is 5.56 Å². The molecule has 0 bridgehead atoms. The summed E-state index contributed by atoms with van der Waals surface area (Å²) in [4.78, 5) is 0. The minimum atomic E-state index is -0.346. The summed E-state index contributed by atoms with van der Waals surface area (Å²) in [7, 11) is 0. The first-order chi connectivity index (χ1) is 9.13. The van der Waals surface area contributed by atoms with Crippen LogP contribution in [-0.4, -0.2) is 5.60 Å². The molecule has 1 heteroatoms. The molecular formula is C18H16O. The van der Waals surface area contributed by atoms with Crippen LogP contribution in [0.2, 0.25) is 0 Å². The van der Waals surface area contributed by atoms with Gasteiger partial charge in [-0.15, -0.1) is 0 Å². The molecule has 0 radical (unpaired) electrons. The summed E-state index contributed by atoms with van der Waals surface area (Å²) < 4.78 is 6.46. The lowest BCUT2D eigenvalue weighted by Crippen LogP contribution is -2.40. The van der Waals surface area contributed by atoms with Crippen LogP contribution in [0.1, 0.15) is 30.5 Å². The van der Waals surface area contributed by atoms with Gasteiger partial charge in [-0.1, -0.05) is 54.6 Å². The van der Waals surface area contributed by atoms with Gasteiger partial charge < -0.3 is 4.74 Å². The van der Waals surface area contributed by atoms with Crippen LogP contribution in [0.25, 0.3) is 5.57 Å². The van der Waals surface area contributed by atoms with E-state index in [0.29, 0.717) is 0 Å². The topological polar surface area (TPSA) is 9.23 Å². The Bertz CT molecular complexity index is 682. The minimum Gasteiger partial charge on any atom is -0.351 e. The summed E-state index contributed by atoms with van der Waals surface area (Å²) in [5.41, 5.74) is 4.60. The molecule has 1 heterocycles. The standard InChI is InChI=1S/C18H16O/c1-17(2)12-16-14-10-6-7-11-15(14)18(16,19-17)13-8-4-3-5-9-13/h3-12H,1-2H3. The molecule has 0 spiro atoms. The van der Waals surface area contributed by atoms with Gasteiger partial charge in [-0.2, -0.15) is 0 Å². The molecule has 2 aliphatic rings. The molecule has 0 fully saturated rings. The van der Waals surface area contributed by atoms with Crippen LogP contribution in [-0.2, 0) is 10.3 Å². The largest absolute Gasteiger partial charge is 0.351 e. The first-order valence-electron chi connectivity index (χ1n) is 6.72. The number of hydrogen-bond acceptors (Lipinski definition) is 1. The van der Waals surface area contributed by atoms with E-state index in [1.54, 1.807) is 0 Å². The van der Waals surface area contributed by atoms with Gasteiger partial charge >= 0.3 is 0 Å². The molecule has 1 atom stereocenters. The summed E-state index contributed by atoms with van der Waals surface area (Å²) in [5.74, 6) is 0. The smallest absolute Gasteiger partial charge is 0.145 e. The summed E-state index contributed by atoms with van der Waals surface area (Å²) in [6.45, 7) is 4.26. The second-order valence-corrected chi connectivity index (χ2v) is 5.86. The number of fused-ring (bicyclic) bond motifs is 4. The van der Waals surface area contributed by atoms with Crippen LogP contribution < -0.4 is 0 Å². The van der Waals surface area contributed by atoms with Crippen molar-refractivity contribution >= 4 is 5.57 Å². The molecule has 4 rings (SSSR count). The fourth-order valence-corrected chi connectivity index (χ4v) is 3.40. The zero-order chi connectivity index (χ0) is 13.1. The fraction of sp³-hybridized carbons (Fsp3) is 0.222. The van der Waals surface area contributed by atoms with Crippen molar-refractivity contribution in [1.29, 1.82) is 0 Å². The Hall–Kier alpha value is -1.86. The van der Waals surface area contributed by atoms with Crippen molar-refractivity contribution in [2.75, 3.05) is 0 Å². The summed E-state index contributed by atoms with van der Waals surface area (Å²) >= 11 is 0. The summed E-state index contributed by atoms with van der Waals surface area (Å²) in [6, 6.07) is 19.1. The predicted octanol–water partition coefficient (Wildman–Crippen LogP) is 4.14. The normalized spacial score (nSPS) is 26.1. The lowest BCUT2D eigenvalue weighted by molar-refractivity contribution is -0.0515. The van der Waals surface area contributed by atoms with Crippen molar-refractivity contribution in [3.8, 4) is 0 Å². The summed E-state index contributed by atoms with van der Waals surface area (Å²) in [5, 5.41) is 0. The summed E-state index contributed by atoms with van der Waals surface area (Å²) in [6.07, 6.45) is 2.27. The van der Waals surface area contributed by atoms with Crippen LogP contribution >= 0.6 is 0 Å². The van der Waals surface area contributed by atoms with Crippen LogP contribution in [0.5, 0.6) is 0 Å². The molecule has 0 amide bonds. The van der Waals surface area contributed by atoms with E-state index >= 15 is 0 Å². The van der Waals surface area contributed by atoms with E-state index in [1.165, 1.54) is 22.3 Å². The van der Waals surface area contributed by atoms with E-state index in [0.717, 1.165) is 0 Å². The third-order valence-electron chi connectivity index (χ3n) is 4.06. The maximum atomic E-state index is 6.46. The van der Waals surface area contributed by atoms with Crippen LogP contribution in [0, 0.1) is 0 Å². The number of rotatable bonds is 1. The van der Waals surface area contributed by atoms with Crippen LogP contribution in [0.4, 0.5) is 0 Å². The van der Waals surface area contributed by atoms with Crippen LogP contribution in [0.3, 0.4) is 0 Å². The lowest BCUT2D eigenvalue weighted by Gasteiger charge is -2.44. The van der Waals surface area contributed by atoms with E-state index in [2.05, 4.69) is 68.5 Å². The highest BCUT2D eigenvalue weighted by molar-refractivity contribution is 5.92. The highest BCUT2D eigenvalue weighted by Crippen LogP contribution is 2.61. The minimum absolute atomic E-state index is 0.218. The maximum absolute atomic E-state index is 6.46.